The van der Waals surface area contributed by atoms with Gasteiger partial charge in [0.25, 0.3) is 0 Å². The van der Waals surface area contributed by atoms with Gasteiger partial charge >= 0.3 is 5.97 Å². The van der Waals surface area contributed by atoms with Crippen LogP contribution in [0.5, 0.6) is 0 Å². The number of nitrogens with zero attached hydrogens (tertiary/aromatic N) is 3. The number of aryl methyl sites for hydroxylation is 1. The Morgan fingerprint density at radius 3 is 3.08 bits per heavy atom. The highest BCUT2D eigenvalue weighted by molar-refractivity contribution is 5.69. The molecule has 0 aromatic carbocycles. The van der Waals surface area contributed by atoms with Crippen LogP contribution in [0, 0.1) is 0 Å². The molecule has 0 fully saturated rings. The van der Waals surface area contributed by atoms with Crippen LogP contribution in [0.3, 0.4) is 0 Å². The molecule has 0 unspecified atom stereocenters. The number of carbonyl (C=O) groups is 1. The third-order valence-corrected chi connectivity index (χ3v) is 1.48. The van der Waals surface area contributed by atoms with Crippen LogP contribution < -0.4 is 0 Å². The number of rotatable bonds is 5. The lowest BCUT2D eigenvalue weighted by atomic mass is 10.2. The van der Waals surface area contributed by atoms with Gasteiger partial charge in [-0.15, -0.1) is 10.2 Å². The van der Waals surface area contributed by atoms with E-state index in [9.17, 15) is 4.79 Å². The Bertz CT molecular complexity index is 247. The molecule has 6 heteroatoms. The molecule has 0 aliphatic rings. The number of ether oxygens (including phenoxy) is 1. The molecule has 1 aromatic heterocycles. The van der Waals surface area contributed by atoms with Gasteiger partial charge in [-0.1, -0.05) is 5.21 Å². The second-order valence-corrected chi connectivity index (χ2v) is 2.49. The van der Waals surface area contributed by atoms with Gasteiger partial charge in [0.05, 0.1) is 6.61 Å². The molecule has 0 bridgehead atoms. The summed E-state index contributed by atoms with van der Waals surface area (Å²) in [6, 6.07) is 0. The summed E-state index contributed by atoms with van der Waals surface area (Å²) in [5.41, 5.74) is 0. The van der Waals surface area contributed by atoms with Crippen LogP contribution >= 0.6 is 0 Å². The van der Waals surface area contributed by atoms with Crippen LogP contribution in [-0.4, -0.2) is 33.2 Å². The number of carbonyl (C=O) groups excluding carboxylic acids is 1. The Morgan fingerprint density at radius 1 is 1.62 bits per heavy atom. The molecule has 1 heterocycles. The molecular weight excluding hydrogens is 172 g/mol. The first-order valence-electron chi connectivity index (χ1n) is 4.21. The number of hydrogen-bond donors (Lipinski definition) is 1. The van der Waals surface area contributed by atoms with E-state index in [2.05, 4.69) is 20.6 Å². The van der Waals surface area contributed by atoms with Gasteiger partial charge in [0.15, 0.2) is 5.82 Å². The number of aromatic amines is 1. The standard InChI is InChI=1S/C7H12N4O2/c1-2-13-7(12)5-3-4-6-8-10-11-9-6/h2-5H2,1H3,(H,8,9,10,11). The van der Waals surface area contributed by atoms with Crippen molar-refractivity contribution >= 4 is 5.97 Å². The minimum atomic E-state index is -0.175. The summed E-state index contributed by atoms with van der Waals surface area (Å²) in [7, 11) is 0. The van der Waals surface area contributed by atoms with Gasteiger partial charge in [-0.2, -0.15) is 5.21 Å². The third kappa shape index (κ3) is 3.64. The minimum absolute atomic E-state index is 0.175. The highest BCUT2D eigenvalue weighted by atomic mass is 16.5. The van der Waals surface area contributed by atoms with Gasteiger partial charge in [0, 0.05) is 12.8 Å². The van der Waals surface area contributed by atoms with E-state index in [1.165, 1.54) is 0 Å². The molecule has 1 N–H and O–H groups in total. The first-order chi connectivity index (χ1) is 6.33. The summed E-state index contributed by atoms with van der Waals surface area (Å²) in [5, 5.41) is 13.3. The molecule has 0 aliphatic carbocycles. The fourth-order valence-electron chi connectivity index (χ4n) is 0.912. The largest absolute Gasteiger partial charge is 0.466 e. The van der Waals surface area contributed by atoms with Crippen LogP contribution in [0.2, 0.25) is 0 Å². The molecule has 0 atom stereocenters. The molecule has 0 radical (unpaired) electrons. The maximum absolute atomic E-state index is 10.9. The molecule has 0 aliphatic heterocycles. The second kappa shape index (κ2) is 5.23. The number of esters is 1. The molecule has 0 spiro atoms. The zero-order valence-corrected chi connectivity index (χ0v) is 7.49. The molecule has 72 valence electrons. The SMILES string of the molecule is CCOC(=O)CCCc1nn[nH]n1. The highest BCUT2D eigenvalue weighted by Gasteiger charge is 2.03. The van der Waals surface area contributed by atoms with Crippen molar-refractivity contribution in [2.45, 2.75) is 26.2 Å². The molecule has 0 saturated heterocycles. The van der Waals surface area contributed by atoms with Crippen molar-refractivity contribution in [3.63, 3.8) is 0 Å². The number of nitrogens with one attached hydrogen (secondary N) is 1. The van der Waals surface area contributed by atoms with E-state index >= 15 is 0 Å². The van der Waals surface area contributed by atoms with Crippen molar-refractivity contribution in [2.75, 3.05) is 6.61 Å². The van der Waals surface area contributed by atoms with Crippen molar-refractivity contribution in [1.29, 1.82) is 0 Å². The van der Waals surface area contributed by atoms with Crippen LogP contribution in [0.15, 0.2) is 0 Å². The predicted molar refractivity (Wildman–Crippen MR) is 43.7 cm³/mol. The van der Waals surface area contributed by atoms with Crippen molar-refractivity contribution in [1.82, 2.24) is 20.6 Å². The van der Waals surface area contributed by atoms with Crippen LogP contribution in [0.25, 0.3) is 0 Å². The smallest absolute Gasteiger partial charge is 0.305 e. The minimum Gasteiger partial charge on any atom is -0.466 e. The Balaban J connectivity index is 2.11. The molecule has 0 amide bonds. The third-order valence-electron chi connectivity index (χ3n) is 1.48. The monoisotopic (exact) mass is 184 g/mol. The molecule has 1 aromatic rings. The van der Waals surface area contributed by atoms with E-state index in [0.29, 0.717) is 31.7 Å². The van der Waals surface area contributed by atoms with Gasteiger partial charge in [-0.05, 0) is 13.3 Å². The second-order valence-electron chi connectivity index (χ2n) is 2.49. The summed E-state index contributed by atoms with van der Waals surface area (Å²) in [6.45, 7) is 2.22. The lowest BCUT2D eigenvalue weighted by Gasteiger charge is -1.98. The number of tetrazole rings is 1. The number of H-pyrrole nitrogens is 1. The lowest BCUT2D eigenvalue weighted by molar-refractivity contribution is -0.143. The van der Waals surface area contributed by atoms with Gasteiger partial charge in [0.2, 0.25) is 0 Å². The summed E-state index contributed by atoms with van der Waals surface area (Å²) < 4.78 is 4.76. The van der Waals surface area contributed by atoms with Gasteiger partial charge < -0.3 is 4.74 Å². The highest BCUT2D eigenvalue weighted by Crippen LogP contribution is 1.98. The Hall–Kier alpha value is -1.46. The van der Waals surface area contributed by atoms with Gasteiger partial charge in [-0.25, -0.2) is 0 Å². The van der Waals surface area contributed by atoms with Crippen molar-refractivity contribution in [2.24, 2.45) is 0 Å². The predicted octanol–water partition coefficient (Wildman–Crippen LogP) is 0.0855. The van der Waals surface area contributed by atoms with E-state index in [-0.39, 0.29) is 5.97 Å². The van der Waals surface area contributed by atoms with Gasteiger partial charge in [-0.3, -0.25) is 4.79 Å². The average molecular weight is 184 g/mol. The zero-order valence-electron chi connectivity index (χ0n) is 7.49. The van der Waals surface area contributed by atoms with Crippen LogP contribution in [0.4, 0.5) is 0 Å². The van der Waals surface area contributed by atoms with Crippen molar-refractivity contribution in [3.8, 4) is 0 Å². The Labute approximate surface area is 75.7 Å². The van der Waals surface area contributed by atoms with E-state index in [1.807, 2.05) is 0 Å². The summed E-state index contributed by atoms with van der Waals surface area (Å²) in [4.78, 5) is 10.9. The maximum Gasteiger partial charge on any atom is 0.305 e. The number of hydrogen-bond acceptors (Lipinski definition) is 5. The van der Waals surface area contributed by atoms with Gasteiger partial charge in [0.1, 0.15) is 0 Å². The summed E-state index contributed by atoms with van der Waals surface area (Å²) >= 11 is 0. The van der Waals surface area contributed by atoms with Crippen LogP contribution in [0.1, 0.15) is 25.6 Å². The lowest BCUT2D eigenvalue weighted by Crippen LogP contribution is -2.04. The fourth-order valence-corrected chi connectivity index (χ4v) is 0.912. The summed E-state index contributed by atoms with van der Waals surface area (Å²) in [5.74, 6) is 0.454. The molecule has 13 heavy (non-hydrogen) atoms. The van der Waals surface area contributed by atoms with E-state index in [1.54, 1.807) is 6.92 Å². The van der Waals surface area contributed by atoms with E-state index in [0.717, 1.165) is 0 Å². The molecule has 1 rings (SSSR count). The van der Waals surface area contributed by atoms with Crippen molar-refractivity contribution < 1.29 is 9.53 Å². The molecule has 0 saturated carbocycles. The van der Waals surface area contributed by atoms with E-state index in [4.69, 9.17) is 4.74 Å². The normalized spacial score (nSPS) is 9.92. The summed E-state index contributed by atoms with van der Waals surface area (Å²) in [6.07, 6.45) is 1.75. The average Bonchev–Trinajstić information content (AvgIpc) is 2.57. The first kappa shape index (κ1) is 9.63. The molecule has 6 nitrogen and oxygen atoms in total. The fraction of sp³-hybridized carbons (Fsp3) is 0.714. The topological polar surface area (TPSA) is 80.8 Å². The number of aromatic nitrogens is 4. The maximum atomic E-state index is 10.9. The molecular formula is C7H12N4O2. The Kier molecular flexibility index (Phi) is 3.87. The van der Waals surface area contributed by atoms with Crippen molar-refractivity contribution in [3.05, 3.63) is 5.82 Å². The quantitative estimate of drug-likeness (QED) is 0.655. The van der Waals surface area contributed by atoms with Crippen LogP contribution in [-0.2, 0) is 16.0 Å². The zero-order chi connectivity index (χ0) is 9.52. The Morgan fingerprint density at radius 2 is 2.46 bits per heavy atom. The first-order valence-corrected chi connectivity index (χ1v) is 4.21. The van der Waals surface area contributed by atoms with E-state index < -0.39 is 0 Å².